The molecule has 0 bridgehead atoms. The van der Waals surface area contributed by atoms with Crippen LogP contribution in [0.4, 0.5) is 4.39 Å². The van der Waals surface area contributed by atoms with Gasteiger partial charge in [0.15, 0.2) is 0 Å². The van der Waals surface area contributed by atoms with Gasteiger partial charge in [0.25, 0.3) is 0 Å². The van der Waals surface area contributed by atoms with Crippen LogP contribution in [0.5, 0.6) is 0 Å². The van der Waals surface area contributed by atoms with Crippen LogP contribution in [-0.2, 0) is 0 Å². The first kappa shape index (κ1) is 13.6. The van der Waals surface area contributed by atoms with E-state index < -0.39 is 11.8 Å². The predicted molar refractivity (Wildman–Crippen MR) is 81.3 cm³/mol. The molecule has 2 nitrogen and oxygen atoms in total. The van der Waals surface area contributed by atoms with E-state index in [0.29, 0.717) is 10.6 Å². The molecule has 0 spiro atoms. The van der Waals surface area contributed by atoms with E-state index in [0.717, 1.165) is 10.8 Å². The van der Waals surface area contributed by atoms with Crippen molar-refractivity contribution in [2.24, 2.45) is 0 Å². The minimum Gasteiger partial charge on any atom is -0.478 e. The first-order valence-corrected chi connectivity index (χ1v) is 6.67. The van der Waals surface area contributed by atoms with Gasteiger partial charge in [0, 0.05) is 16.0 Å². The zero-order valence-electron chi connectivity index (χ0n) is 10.8. The smallest absolute Gasteiger partial charge is 0.338 e. The van der Waals surface area contributed by atoms with Gasteiger partial charge in [0.1, 0.15) is 5.82 Å². The number of benzene rings is 3. The fraction of sp³-hybridized carbons (Fsp3) is 0. The monoisotopic (exact) mass is 300 g/mol. The van der Waals surface area contributed by atoms with Crippen LogP contribution < -0.4 is 0 Å². The fourth-order valence-corrected chi connectivity index (χ4v) is 2.63. The predicted octanol–water partition coefficient (Wildman–Crippen LogP) is 5.00. The Bertz CT molecular complexity index is 859. The van der Waals surface area contributed by atoms with Gasteiger partial charge in [-0.05, 0) is 23.1 Å². The lowest BCUT2D eigenvalue weighted by molar-refractivity contribution is 0.0692. The third-order valence-corrected chi connectivity index (χ3v) is 3.72. The van der Waals surface area contributed by atoms with E-state index in [1.807, 2.05) is 24.3 Å². The summed E-state index contributed by atoms with van der Waals surface area (Å²) in [6.45, 7) is 0. The zero-order chi connectivity index (χ0) is 15.0. The van der Waals surface area contributed by atoms with E-state index in [1.165, 1.54) is 12.1 Å². The van der Waals surface area contributed by atoms with Crippen LogP contribution in [0.2, 0.25) is 5.02 Å². The summed E-state index contributed by atoms with van der Waals surface area (Å²) in [4.78, 5) is 11.1. The second-order valence-electron chi connectivity index (χ2n) is 4.61. The molecule has 0 heterocycles. The molecule has 0 aliphatic heterocycles. The highest BCUT2D eigenvalue weighted by Gasteiger charge is 2.16. The van der Waals surface area contributed by atoms with E-state index in [1.54, 1.807) is 18.2 Å². The maximum Gasteiger partial charge on any atom is 0.338 e. The van der Waals surface area contributed by atoms with Gasteiger partial charge in [0.05, 0.1) is 5.56 Å². The molecule has 4 heteroatoms. The molecule has 0 saturated carbocycles. The van der Waals surface area contributed by atoms with Gasteiger partial charge in [-0.1, -0.05) is 54.1 Å². The number of rotatable bonds is 2. The van der Waals surface area contributed by atoms with Crippen molar-refractivity contribution < 1.29 is 14.3 Å². The van der Waals surface area contributed by atoms with Crippen LogP contribution in [0.15, 0.2) is 54.6 Å². The summed E-state index contributed by atoms with van der Waals surface area (Å²) in [5.74, 6) is -2.02. The molecule has 0 amide bonds. The van der Waals surface area contributed by atoms with Gasteiger partial charge in [0.2, 0.25) is 0 Å². The van der Waals surface area contributed by atoms with Crippen molar-refractivity contribution >= 4 is 28.3 Å². The molecule has 1 N–H and O–H groups in total. The topological polar surface area (TPSA) is 37.3 Å². The van der Waals surface area contributed by atoms with Crippen LogP contribution in [0, 0.1) is 5.82 Å². The van der Waals surface area contributed by atoms with Gasteiger partial charge in [-0.25, -0.2) is 9.18 Å². The SMILES string of the molecule is O=C(O)c1cccc(-c2ccc(Cl)c3ccccc23)c1F. The van der Waals surface area contributed by atoms with E-state index in [9.17, 15) is 9.18 Å². The van der Waals surface area contributed by atoms with E-state index >= 15 is 0 Å². The Labute approximate surface area is 125 Å². The van der Waals surface area contributed by atoms with Crippen molar-refractivity contribution in [1.82, 2.24) is 0 Å². The van der Waals surface area contributed by atoms with Crippen LogP contribution in [0.3, 0.4) is 0 Å². The molecule has 104 valence electrons. The number of carbonyl (C=O) groups is 1. The standard InChI is InChI=1S/C17H10ClFO2/c18-15-9-8-11(10-4-1-2-5-12(10)15)13-6-3-7-14(16(13)19)17(20)21/h1-9H,(H,20,21). The molecule has 0 unspecified atom stereocenters. The van der Waals surface area contributed by atoms with Gasteiger partial charge >= 0.3 is 5.97 Å². The molecule has 21 heavy (non-hydrogen) atoms. The average Bonchev–Trinajstić information content (AvgIpc) is 2.48. The summed E-state index contributed by atoms with van der Waals surface area (Å²) in [6, 6.07) is 15.1. The van der Waals surface area contributed by atoms with Crippen LogP contribution in [0.1, 0.15) is 10.4 Å². The number of halogens is 2. The third kappa shape index (κ3) is 2.26. The van der Waals surface area contributed by atoms with Crippen molar-refractivity contribution in [2.45, 2.75) is 0 Å². The average molecular weight is 301 g/mol. The van der Waals surface area contributed by atoms with Gasteiger partial charge in [-0.15, -0.1) is 0 Å². The van der Waals surface area contributed by atoms with E-state index in [2.05, 4.69) is 0 Å². The maximum absolute atomic E-state index is 14.4. The highest BCUT2D eigenvalue weighted by Crippen LogP contribution is 2.34. The van der Waals surface area contributed by atoms with E-state index in [4.69, 9.17) is 16.7 Å². The van der Waals surface area contributed by atoms with Crippen molar-refractivity contribution in [3.8, 4) is 11.1 Å². The molecule has 0 aromatic heterocycles. The Morgan fingerprint density at radius 2 is 1.62 bits per heavy atom. The molecule has 0 saturated heterocycles. The van der Waals surface area contributed by atoms with Crippen LogP contribution >= 0.6 is 11.6 Å². The number of hydrogen-bond acceptors (Lipinski definition) is 1. The largest absolute Gasteiger partial charge is 0.478 e. The molecule has 0 aliphatic carbocycles. The summed E-state index contributed by atoms with van der Waals surface area (Å²) < 4.78 is 14.4. The molecular formula is C17H10ClFO2. The number of hydrogen-bond donors (Lipinski definition) is 1. The fourth-order valence-electron chi connectivity index (χ4n) is 2.40. The second-order valence-corrected chi connectivity index (χ2v) is 5.02. The summed E-state index contributed by atoms with van der Waals surface area (Å²) >= 11 is 6.15. The normalized spacial score (nSPS) is 10.8. The van der Waals surface area contributed by atoms with Crippen LogP contribution in [-0.4, -0.2) is 11.1 Å². The summed E-state index contributed by atoms with van der Waals surface area (Å²) in [5.41, 5.74) is 0.532. The molecular weight excluding hydrogens is 291 g/mol. The zero-order valence-corrected chi connectivity index (χ0v) is 11.6. The Hall–Kier alpha value is -2.39. The Morgan fingerprint density at radius 3 is 2.33 bits per heavy atom. The Kier molecular flexibility index (Phi) is 3.35. The summed E-state index contributed by atoms with van der Waals surface area (Å²) in [7, 11) is 0. The number of aromatic carboxylic acids is 1. The minimum atomic E-state index is -1.28. The molecule has 3 aromatic carbocycles. The van der Waals surface area contributed by atoms with Gasteiger partial charge in [-0.3, -0.25) is 0 Å². The van der Waals surface area contributed by atoms with Gasteiger partial charge < -0.3 is 5.11 Å². The lowest BCUT2D eigenvalue weighted by Gasteiger charge is -2.10. The summed E-state index contributed by atoms with van der Waals surface area (Å²) in [6.07, 6.45) is 0. The van der Waals surface area contributed by atoms with Gasteiger partial charge in [-0.2, -0.15) is 0 Å². The van der Waals surface area contributed by atoms with Crippen LogP contribution in [0.25, 0.3) is 21.9 Å². The Balaban J connectivity index is 2.34. The molecule has 0 atom stereocenters. The lowest BCUT2D eigenvalue weighted by atomic mass is 9.96. The third-order valence-electron chi connectivity index (χ3n) is 3.39. The number of carboxylic acids is 1. The number of fused-ring (bicyclic) bond motifs is 1. The highest BCUT2D eigenvalue weighted by atomic mass is 35.5. The lowest BCUT2D eigenvalue weighted by Crippen LogP contribution is -2.01. The van der Waals surface area contributed by atoms with Crippen molar-refractivity contribution in [2.75, 3.05) is 0 Å². The Morgan fingerprint density at radius 1 is 0.905 bits per heavy atom. The molecule has 3 aromatic rings. The maximum atomic E-state index is 14.4. The number of carboxylic acid groups (broad SMARTS) is 1. The van der Waals surface area contributed by atoms with E-state index in [-0.39, 0.29) is 11.1 Å². The van der Waals surface area contributed by atoms with Crippen molar-refractivity contribution in [1.29, 1.82) is 0 Å². The highest BCUT2D eigenvalue weighted by molar-refractivity contribution is 6.36. The first-order chi connectivity index (χ1) is 10.1. The minimum absolute atomic E-state index is 0.253. The molecule has 0 fully saturated rings. The first-order valence-electron chi connectivity index (χ1n) is 6.29. The molecule has 0 aliphatic rings. The quantitative estimate of drug-likeness (QED) is 0.723. The molecule has 0 radical (unpaired) electrons. The van der Waals surface area contributed by atoms with Crippen molar-refractivity contribution in [3.05, 3.63) is 71.0 Å². The molecule has 3 rings (SSSR count). The second kappa shape index (κ2) is 5.19. The summed E-state index contributed by atoms with van der Waals surface area (Å²) in [5, 5.41) is 11.2. The van der Waals surface area contributed by atoms with Crippen molar-refractivity contribution in [3.63, 3.8) is 0 Å².